The molecule has 1 aromatic rings. The third-order valence-corrected chi connectivity index (χ3v) is 4.75. The van der Waals surface area contributed by atoms with Crippen molar-refractivity contribution in [3.63, 3.8) is 0 Å². The lowest BCUT2D eigenvalue weighted by Gasteiger charge is -2.34. The maximum Gasteiger partial charge on any atom is 0.410 e. The van der Waals surface area contributed by atoms with E-state index in [-0.39, 0.29) is 12.1 Å². The van der Waals surface area contributed by atoms with Gasteiger partial charge in [-0.15, -0.1) is 0 Å². The van der Waals surface area contributed by atoms with E-state index in [0.717, 1.165) is 31.3 Å². The van der Waals surface area contributed by atoms with Gasteiger partial charge in [-0.2, -0.15) is 4.98 Å². The highest BCUT2D eigenvalue weighted by molar-refractivity contribution is 5.70. The summed E-state index contributed by atoms with van der Waals surface area (Å²) in [5.41, 5.74) is 0. The fourth-order valence-corrected chi connectivity index (χ4v) is 3.57. The average Bonchev–Trinajstić information content (AvgIpc) is 3.20. The largest absolute Gasteiger partial charge is 0.447 e. The molecular weight excluding hydrogens is 272 g/mol. The fraction of sp³-hybridized carbons (Fsp3) is 0.786. The Morgan fingerprint density at radius 3 is 2.95 bits per heavy atom. The van der Waals surface area contributed by atoms with Gasteiger partial charge in [-0.1, -0.05) is 18.0 Å². The van der Waals surface area contributed by atoms with E-state index in [1.807, 2.05) is 4.90 Å². The number of cyclic esters (lactones) is 1. The van der Waals surface area contributed by atoms with Crippen molar-refractivity contribution in [3.8, 4) is 0 Å². The van der Waals surface area contributed by atoms with Crippen LogP contribution in [0.4, 0.5) is 4.79 Å². The van der Waals surface area contributed by atoms with Crippen LogP contribution in [0.2, 0.25) is 0 Å². The maximum absolute atomic E-state index is 11.5. The molecule has 0 radical (unpaired) electrons. The van der Waals surface area contributed by atoms with Crippen molar-refractivity contribution in [1.82, 2.24) is 19.9 Å². The van der Waals surface area contributed by atoms with E-state index < -0.39 is 0 Å². The molecule has 1 aromatic heterocycles. The first-order valence-electron chi connectivity index (χ1n) is 7.78. The molecule has 3 aliphatic rings. The predicted molar refractivity (Wildman–Crippen MR) is 72.6 cm³/mol. The van der Waals surface area contributed by atoms with Gasteiger partial charge in [-0.25, -0.2) is 4.79 Å². The average molecular weight is 292 g/mol. The number of aromatic nitrogens is 2. The zero-order valence-corrected chi connectivity index (χ0v) is 12.0. The molecule has 21 heavy (non-hydrogen) atoms. The second-order valence-electron chi connectivity index (χ2n) is 6.19. The van der Waals surface area contributed by atoms with Gasteiger partial charge in [0.1, 0.15) is 6.61 Å². The number of rotatable bonds is 3. The van der Waals surface area contributed by atoms with Gasteiger partial charge in [-0.3, -0.25) is 9.80 Å². The molecule has 1 amide bonds. The normalized spacial score (nSPS) is 27.1. The first-order valence-corrected chi connectivity index (χ1v) is 7.78. The molecule has 1 unspecified atom stereocenters. The van der Waals surface area contributed by atoms with Crippen molar-refractivity contribution in [1.29, 1.82) is 0 Å². The highest BCUT2D eigenvalue weighted by atomic mass is 16.6. The van der Waals surface area contributed by atoms with Crippen LogP contribution in [0, 0.1) is 0 Å². The Balaban J connectivity index is 1.37. The topological polar surface area (TPSA) is 71.7 Å². The van der Waals surface area contributed by atoms with Crippen LogP contribution in [0.5, 0.6) is 0 Å². The number of piperazine rings is 1. The lowest BCUT2D eigenvalue weighted by atomic mass is 10.1. The van der Waals surface area contributed by atoms with E-state index in [1.54, 1.807) is 0 Å². The number of ether oxygens (including phenoxy) is 1. The minimum absolute atomic E-state index is 0.174. The highest BCUT2D eigenvalue weighted by Crippen LogP contribution is 2.33. The van der Waals surface area contributed by atoms with Crippen LogP contribution in [-0.2, 0) is 11.3 Å². The van der Waals surface area contributed by atoms with Crippen molar-refractivity contribution in [2.45, 2.75) is 44.2 Å². The summed E-state index contributed by atoms with van der Waals surface area (Å²) in [6, 6.07) is 0.174. The van der Waals surface area contributed by atoms with Crippen molar-refractivity contribution < 1.29 is 14.1 Å². The lowest BCUT2D eigenvalue weighted by molar-refractivity contribution is 0.113. The Labute approximate surface area is 123 Å². The SMILES string of the molecule is O=C1OCC2CN(Cc3noc(C4CCCC4)n3)CCN12. The molecule has 2 aliphatic heterocycles. The molecule has 0 N–H and O–H groups in total. The summed E-state index contributed by atoms with van der Waals surface area (Å²) in [7, 11) is 0. The molecule has 114 valence electrons. The molecule has 3 fully saturated rings. The number of hydrogen-bond donors (Lipinski definition) is 0. The Hall–Kier alpha value is -1.63. The number of amides is 1. The maximum atomic E-state index is 11.5. The molecule has 3 heterocycles. The van der Waals surface area contributed by atoms with Gasteiger partial charge in [0.05, 0.1) is 12.6 Å². The zero-order valence-electron chi connectivity index (χ0n) is 12.0. The predicted octanol–water partition coefficient (Wildman–Crippen LogP) is 1.36. The van der Waals surface area contributed by atoms with Crippen LogP contribution in [0.25, 0.3) is 0 Å². The molecule has 0 bridgehead atoms. The third-order valence-electron chi connectivity index (χ3n) is 4.75. The molecular formula is C14H20N4O3. The zero-order chi connectivity index (χ0) is 14.2. The van der Waals surface area contributed by atoms with Gasteiger partial charge >= 0.3 is 6.09 Å². The van der Waals surface area contributed by atoms with Crippen LogP contribution >= 0.6 is 0 Å². The minimum atomic E-state index is -0.178. The van der Waals surface area contributed by atoms with Gasteiger partial charge < -0.3 is 9.26 Å². The van der Waals surface area contributed by atoms with Crippen molar-refractivity contribution in [2.24, 2.45) is 0 Å². The van der Waals surface area contributed by atoms with E-state index in [0.29, 0.717) is 19.1 Å². The van der Waals surface area contributed by atoms with Crippen LogP contribution in [-0.4, -0.2) is 58.3 Å². The van der Waals surface area contributed by atoms with Gasteiger partial charge in [0.15, 0.2) is 5.82 Å². The quantitative estimate of drug-likeness (QED) is 0.837. The molecule has 1 atom stereocenters. The Morgan fingerprint density at radius 1 is 1.24 bits per heavy atom. The van der Waals surface area contributed by atoms with Gasteiger partial charge in [-0.05, 0) is 12.8 Å². The molecule has 2 saturated heterocycles. The molecule has 1 saturated carbocycles. The van der Waals surface area contributed by atoms with Crippen molar-refractivity contribution in [3.05, 3.63) is 11.7 Å². The van der Waals surface area contributed by atoms with Crippen LogP contribution < -0.4 is 0 Å². The monoisotopic (exact) mass is 292 g/mol. The minimum Gasteiger partial charge on any atom is -0.447 e. The van der Waals surface area contributed by atoms with Crippen LogP contribution in [0.15, 0.2) is 4.52 Å². The van der Waals surface area contributed by atoms with E-state index in [2.05, 4.69) is 15.0 Å². The van der Waals surface area contributed by atoms with Crippen molar-refractivity contribution >= 4 is 6.09 Å². The molecule has 0 spiro atoms. The fourth-order valence-electron chi connectivity index (χ4n) is 3.57. The summed E-state index contributed by atoms with van der Waals surface area (Å²) in [6.45, 7) is 3.55. The number of hydrogen-bond acceptors (Lipinski definition) is 6. The molecule has 7 nitrogen and oxygen atoms in total. The Kier molecular flexibility index (Phi) is 3.29. The van der Waals surface area contributed by atoms with E-state index in [9.17, 15) is 4.79 Å². The number of carbonyl (C=O) groups excluding carboxylic acids is 1. The second-order valence-corrected chi connectivity index (χ2v) is 6.19. The summed E-state index contributed by atoms with van der Waals surface area (Å²) in [5, 5.41) is 4.12. The standard InChI is InChI=1S/C14H20N4O3/c19-14-18-6-5-17(7-11(18)9-20-14)8-12-15-13(21-16-12)10-3-1-2-4-10/h10-11H,1-9H2. The van der Waals surface area contributed by atoms with Crippen LogP contribution in [0.3, 0.4) is 0 Å². The summed E-state index contributed by atoms with van der Waals surface area (Å²) < 4.78 is 10.5. The summed E-state index contributed by atoms with van der Waals surface area (Å²) in [4.78, 5) is 20.1. The third kappa shape index (κ3) is 2.50. The lowest BCUT2D eigenvalue weighted by Crippen LogP contribution is -2.51. The Bertz CT molecular complexity index is 526. The number of fused-ring (bicyclic) bond motifs is 1. The Morgan fingerprint density at radius 2 is 2.10 bits per heavy atom. The molecule has 1 aliphatic carbocycles. The first-order chi connectivity index (χ1) is 10.3. The van der Waals surface area contributed by atoms with Gasteiger partial charge in [0.2, 0.25) is 5.89 Å². The van der Waals surface area contributed by atoms with E-state index >= 15 is 0 Å². The molecule has 0 aromatic carbocycles. The second kappa shape index (κ2) is 5.29. The van der Waals surface area contributed by atoms with Crippen molar-refractivity contribution in [2.75, 3.05) is 26.2 Å². The van der Waals surface area contributed by atoms with Gasteiger partial charge in [0.25, 0.3) is 0 Å². The smallest absolute Gasteiger partial charge is 0.410 e. The summed E-state index contributed by atoms with van der Waals surface area (Å²) in [5.74, 6) is 2.03. The first kappa shape index (κ1) is 13.1. The number of nitrogens with zero attached hydrogens (tertiary/aromatic N) is 4. The molecule has 4 rings (SSSR count). The number of carbonyl (C=O) groups is 1. The van der Waals surface area contributed by atoms with E-state index in [1.165, 1.54) is 25.7 Å². The molecule has 7 heteroatoms. The summed E-state index contributed by atoms with van der Waals surface area (Å²) in [6.07, 6.45) is 4.69. The van der Waals surface area contributed by atoms with E-state index in [4.69, 9.17) is 9.26 Å². The summed E-state index contributed by atoms with van der Waals surface area (Å²) >= 11 is 0. The van der Waals surface area contributed by atoms with Gasteiger partial charge in [0, 0.05) is 25.6 Å². The van der Waals surface area contributed by atoms with Crippen LogP contribution in [0.1, 0.15) is 43.3 Å². The highest BCUT2D eigenvalue weighted by Gasteiger charge is 2.37.